The lowest BCUT2D eigenvalue weighted by molar-refractivity contribution is -0.120. The molecule has 4 N–H and O–H groups in total. The normalized spacial score (nSPS) is 20.6. The molecule has 6 heteroatoms. The minimum atomic E-state index is -0.382. The first-order valence-electron chi connectivity index (χ1n) is 8.11. The van der Waals surface area contributed by atoms with Crippen molar-refractivity contribution in [3.63, 3.8) is 0 Å². The number of nitrogens with one attached hydrogen (secondary N) is 2. The van der Waals surface area contributed by atoms with Crippen molar-refractivity contribution in [1.82, 2.24) is 10.6 Å². The van der Waals surface area contributed by atoms with Crippen molar-refractivity contribution in [1.29, 1.82) is 0 Å². The Balaban J connectivity index is 1.59. The monoisotopic (exact) mass is 319 g/mol. The molecule has 0 saturated heterocycles. The quantitative estimate of drug-likeness (QED) is 0.741. The molecular weight excluding hydrogens is 294 g/mol. The van der Waals surface area contributed by atoms with E-state index in [2.05, 4.69) is 10.6 Å². The van der Waals surface area contributed by atoms with Crippen molar-refractivity contribution >= 4 is 12.0 Å². The topological polar surface area (TPSA) is 93.5 Å². The summed E-state index contributed by atoms with van der Waals surface area (Å²) in [5.41, 5.74) is 6.27. The second kappa shape index (κ2) is 9.15. The van der Waals surface area contributed by atoms with Gasteiger partial charge in [0.05, 0.1) is 6.54 Å². The maximum absolute atomic E-state index is 11.7. The third kappa shape index (κ3) is 6.28. The van der Waals surface area contributed by atoms with E-state index >= 15 is 0 Å². The number of carbonyl (C=O) groups is 2. The van der Waals surface area contributed by atoms with Gasteiger partial charge in [-0.2, -0.15) is 0 Å². The van der Waals surface area contributed by atoms with Crippen LogP contribution in [0.4, 0.5) is 4.79 Å². The van der Waals surface area contributed by atoms with E-state index in [0.29, 0.717) is 12.5 Å². The second-order valence-corrected chi connectivity index (χ2v) is 5.93. The zero-order chi connectivity index (χ0) is 16.5. The molecule has 1 aliphatic carbocycles. The molecule has 1 aromatic carbocycles. The zero-order valence-electron chi connectivity index (χ0n) is 13.3. The lowest BCUT2D eigenvalue weighted by Crippen LogP contribution is -2.42. The van der Waals surface area contributed by atoms with Gasteiger partial charge in [0.2, 0.25) is 5.91 Å². The highest BCUT2D eigenvalue weighted by Crippen LogP contribution is 2.23. The fourth-order valence-electron chi connectivity index (χ4n) is 2.80. The van der Waals surface area contributed by atoms with Crippen LogP contribution in [0.5, 0.6) is 0 Å². The number of hydrogen-bond acceptors (Lipinski definition) is 4. The lowest BCUT2D eigenvalue weighted by atomic mass is 9.86. The number of benzene rings is 1. The van der Waals surface area contributed by atoms with Crippen molar-refractivity contribution in [2.75, 3.05) is 13.1 Å². The standard InChI is InChI=1S/C17H25N3O3/c18-10-16(21)20-15-8-6-13(7-9-15)11-19-17(22)23-12-14-4-2-1-3-5-14/h1-5,13,15H,6-12,18H2,(H,19,22)(H,20,21). The number of alkyl carbamates (subject to hydrolysis) is 1. The molecule has 126 valence electrons. The van der Waals surface area contributed by atoms with Crippen molar-refractivity contribution in [3.05, 3.63) is 35.9 Å². The Morgan fingerprint density at radius 1 is 1.13 bits per heavy atom. The van der Waals surface area contributed by atoms with Crippen LogP contribution < -0.4 is 16.4 Å². The van der Waals surface area contributed by atoms with Crippen molar-refractivity contribution < 1.29 is 14.3 Å². The molecule has 6 nitrogen and oxygen atoms in total. The van der Waals surface area contributed by atoms with Crippen LogP contribution in [0.1, 0.15) is 31.2 Å². The molecule has 2 rings (SSSR count). The summed E-state index contributed by atoms with van der Waals surface area (Å²) in [6, 6.07) is 9.81. The van der Waals surface area contributed by atoms with Crippen LogP contribution in [0.25, 0.3) is 0 Å². The Bertz CT molecular complexity index is 499. The molecule has 0 atom stereocenters. The Labute approximate surface area is 136 Å². The van der Waals surface area contributed by atoms with Crippen LogP contribution in [0.2, 0.25) is 0 Å². The average molecular weight is 319 g/mol. The van der Waals surface area contributed by atoms with E-state index in [-0.39, 0.29) is 31.2 Å². The SMILES string of the molecule is NCC(=O)NC1CCC(CNC(=O)OCc2ccccc2)CC1. The van der Waals surface area contributed by atoms with E-state index in [1.807, 2.05) is 30.3 Å². The van der Waals surface area contributed by atoms with Crippen LogP contribution in [-0.2, 0) is 16.1 Å². The van der Waals surface area contributed by atoms with Gasteiger partial charge in [0, 0.05) is 12.6 Å². The average Bonchev–Trinajstić information content (AvgIpc) is 2.60. The molecule has 0 spiro atoms. The molecule has 1 fully saturated rings. The lowest BCUT2D eigenvalue weighted by Gasteiger charge is -2.29. The maximum Gasteiger partial charge on any atom is 0.407 e. The van der Waals surface area contributed by atoms with E-state index < -0.39 is 0 Å². The van der Waals surface area contributed by atoms with Gasteiger partial charge in [-0.1, -0.05) is 30.3 Å². The molecule has 0 aromatic heterocycles. The first-order chi connectivity index (χ1) is 11.2. The minimum absolute atomic E-state index is 0.0364. The van der Waals surface area contributed by atoms with Crippen LogP contribution in [0, 0.1) is 5.92 Å². The third-order valence-corrected chi connectivity index (χ3v) is 4.15. The van der Waals surface area contributed by atoms with Crippen molar-refractivity contribution in [3.8, 4) is 0 Å². The van der Waals surface area contributed by atoms with Gasteiger partial charge >= 0.3 is 6.09 Å². The van der Waals surface area contributed by atoms with Gasteiger partial charge in [-0.25, -0.2) is 4.79 Å². The largest absolute Gasteiger partial charge is 0.445 e. The predicted octanol–water partition coefficient (Wildman–Crippen LogP) is 1.55. The summed E-state index contributed by atoms with van der Waals surface area (Å²) in [7, 11) is 0. The summed E-state index contributed by atoms with van der Waals surface area (Å²) < 4.78 is 5.19. The number of carbonyl (C=O) groups excluding carboxylic acids is 2. The highest BCUT2D eigenvalue weighted by Gasteiger charge is 2.22. The molecule has 2 amide bonds. The molecule has 1 saturated carbocycles. The summed E-state index contributed by atoms with van der Waals surface area (Å²) in [6.07, 6.45) is 3.43. The fourth-order valence-corrected chi connectivity index (χ4v) is 2.80. The Hall–Kier alpha value is -2.08. The van der Waals surface area contributed by atoms with E-state index in [4.69, 9.17) is 10.5 Å². The number of nitrogens with two attached hydrogens (primary N) is 1. The van der Waals surface area contributed by atoms with E-state index in [1.54, 1.807) is 0 Å². The van der Waals surface area contributed by atoms with Crippen LogP contribution in [0.3, 0.4) is 0 Å². The van der Waals surface area contributed by atoms with E-state index in [1.165, 1.54) is 0 Å². The number of hydrogen-bond donors (Lipinski definition) is 3. The summed E-state index contributed by atoms with van der Waals surface area (Å²) in [4.78, 5) is 23.0. The third-order valence-electron chi connectivity index (χ3n) is 4.15. The molecule has 0 aliphatic heterocycles. The van der Waals surface area contributed by atoms with Gasteiger partial charge in [0.25, 0.3) is 0 Å². The molecule has 0 radical (unpaired) electrons. The first-order valence-corrected chi connectivity index (χ1v) is 8.11. The summed E-state index contributed by atoms with van der Waals surface area (Å²) >= 11 is 0. The highest BCUT2D eigenvalue weighted by molar-refractivity contribution is 5.78. The van der Waals surface area contributed by atoms with Gasteiger partial charge in [0.1, 0.15) is 6.61 Å². The highest BCUT2D eigenvalue weighted by atomic mass is 16.5. The maximum atomic E-state index is 11.7. The second-order valence-electron chi connectivity index (χ2n) is 5.93. The Morgan fingerprint density at radius 2 is 1.83 bits per heavy atom. The molecule has 1 aliphatic rings. The molecule has 0 bridgehead atoms. The number of amides is 2. The minimum Gasteiger partial charge on any atom is -0.445 e. The Kier molecular flexibility index (Phi) is 6.87. The smallest absolute Gasteiger partial charge is 0.407 e. The summed E-state index contributed by atoms with van der Waals surface area (Å²) in [5.74, 6) is 0.335. The van der Waals surface area contributed by atoms with Gasteiger partial charge in [0.15, 0.2) is 0 Å². The van der Waals surface area contributed by atoms with Gasteiger partial charge in [-0.3, -0.25) is 4.79 Å². The molecule has 0 heterocycles. The number of rotatable bonds is 6. The summed E-state index contributed by atoms with van der Waals surface area (Å²) in [6.45, 7) is 0.935. The zero-order valence-corrected chi connectivity index (χ0v) is 13.3. The van der Waals surface area contributed by atoms with Gasteiger partial charge < -0.3 is 21.1 Å². The molecule has 0 unspecified atom stereocenters. The van der Waals surface area contributed by atoms with Crippen molar-refractivity contribution in [2.24, 2.45) is 11.7 Å². The summed E-state index contributed by atoms with van der Waals surface area (Å²) in [5, 5.41) is 5.74. The predicted molar refractivity (Wildman–Crippen MR) is 87.6 cm³/mol. The molecule has 23 heavy (non-hydrogen) atoms. The first kappa shape index (κ1) is 17.3. The van der Waals surface area contributed by atoms with Gasteiger partial charge in [-0.15, -0.1) is 0 Å². The Morgan fingerprint density at radius 3 is 2.48 bits per heavy atom. The molecular formula is C17H25N3O3. The fraction of sp³-hybridized carbons (Fsp3) is 0.529. The van der Waals surface area contributed by atoms with Gasteiger partial charge in [-0.05, 0) is 37.2 Å². The number of ether oxygens (including phenoxy) is 1. The van der Waals surface area contributed by atoms with Crippen LogP contribution in [-0.4, -0.2) is 31.1 Å². The molecule has 1 aromatic rings. The van der Waals surface area contributed by atoms with E-state index in [9.17, 15) is 9.59 Å². The van der Waals surface area contributed by atoms with Crippen LogP contribution >= 0.6 is 0 Å². The van der Waals surface area contributed by atoms with Crippen LogP contribution in [0.15, 0.2) is 30.3 Å². The van der Waals surface area contributed by atoms with Crippen molar-refractivity contribution in [2.45, 2.75) is 38.3 Å². The van der Waals surface area contributed by atoms with E-state index in [0.717, 1.165) is 31.2 Å².